The molecule has 0 amide bonds. The second kappa shape index (κ2) is 9.52. The highest BCUT2D eigenvalue weighted by Gasteiger charge is 2.41. The fourth-order valence-corrected chi connectivity index (χ4v) is 7.95. The fourth-order valence-electron chi connectivity index (χ4n) is 7.95. The minimum Gasteiger partial charge on any atom is -0.460 e. The molecule has 0 saturated heterocycles. The van der Waals surface area contributed by atoms with Gasteiger partial charge in [-0.1, -0.05) is 45.0 Å². The van der Waals surface area contributed by atoms with Gasteiger partial charge >= 0.3 is 0 Å². The van der Waals surface area contributed by atoms with E-state index in [0.29, 0.717) is 12.0 Å². The number of pyridine rings is 2. The first kappa shape index (κ1) is 25.7. The molecule has 0 spiro atoms. The lowest BCUT2D eigenvalue weighted by Crippen LogP contribution is -2.48. The molecule has 3 nitrogen and oxygen atoms in total. The molecule has 2 atom stereocenters. The quantitative estimate of drug-likeness (QED) is 0.176. The van der Waals surface area contributed by atoms with Crippen LogP contribution in [0.5, 0.6) is 0 Å². The first-order chi connectivity index (χ1) is 20.4. The van der Waals surface area contributed by atoms with E-state index in [2.05, 4.69) is 122 Å². The predicted molar refractivity (Wildman–Crippen MR) is 169 cm³/mol. The average molecular weight is 553 g/mol. The lowest BCUT2D eigenvalue weighted by molar-refractivity contribution is -0.718. The molecule has 2 aliphatic heterocycles. The summed E-state index contributed by atoms with van der Waals surface area (Å²) >= 11 is 0. The highest BCUT2D eigenvalue weighted by molar-refractivity contribution is 5.98. The van der Waals surface area contributed by atoms with Crippen molar-refractivity contribution in [3.63, 3.8) is 0 Å². The molecule has 0 N–H and O–H groups in total. The Balaban J connectivity index is 1.43. The lowest BCUT2D eigenvalue weighted by Gasteiger charge is -2.30. The minimum atomic E-state index is 0.0636. The van der Waals surface area contributed by atoms with E-state index >= 15 is 0 Å². The number of benzene rings is 2. The van der Waals surface area contributed by atoms with E-state index in [0.717, 1.165) is 31.3 Å². The van der Waals surface area contributed by atoms with Crippen molar-refractivity contribution < 1.29 is 13.6 Å². The normalized spacial score (nSPS) is 20.0. The number of allylic oxidation sites excluding steroid dienone is 1. The molecule has 0 radical (unpaired) electrons. The zero-order chi connectivity index (χ0) is 28.6. The number of fused-ring (bicyclic) bond motifs is 13. The highest BCUT2D eigenvalue weighted by atomic mass is 16.3. The van der Waals surface area contributed by atoms with Gasteiger partial charge in [-0.15, -0.1) is 0 Å². The SMILES string of the molecule is Cc1cc2c(c3oc4c(c13)CCCC4)-c1ccc(C(C)(C)C)c[n+]1/C=C/CC1c3ccccc3-c3cccc[n+]3C1C2. The second-order valence-corrected chi connectivity index (χ2v) is 13.7. The third-order valence-corrected chi connectivity index (χ3v) is 10.0. The molecule has 2 aromatic carbocycles. The van der Waals surface area contributed by atoms with Crippen molar-refractivity contribution in [1.82, 2.24) is 0 Å². The Morgan fingerprint density at radius 1 is 0.905 bits per heavy atom. The lowest BCUT2D eigenvalue weighted by atomic mass is 9.77. The van der Waals surface area contributed by atoms with Gasteiger partial charge in [-0.3, -0.25) is 0 Å². The first-order valence-electron chi connectivity index (χ1n) is 15.8. The van der Waals surface area contributed by atoms with Gasteiger partial charge in [0.15, 0.2) is 24.6 Å². The zero-order valence-electron chi connectivity index (χ0n) is 25.3. The fraction of sp³-hybridized carbons (Fsp3) is 0.333. The topological polar surface area (TPSA) is 20.9 Å². The molecule has 1 aliphatic carbocycles. The first-order valence-corrected chi connectivity index (χ1v) is 15.8. The maximum Gasteiger partial charge on any atom is 0.221 e. The van der Waals surface area contributed by atoms with Gasteiger partial charge in [0.1, 0.15) is 11.3 Å². The molecule has 3 heteroatoms. The van der Waals surface area contributed by atoms with E-state index in [-0.39, 0.29) is 5.41 Å². The van der Waals surface area contributed by atoms with Gasteiger partial charge in [0.05, 0.1) is 11.5 Å². The van der Waals surface area contributed by atoms with Crippen molar-refractivity contribution in [3.8, 4) is 22.5 Å². The zero-order valence-corrected chi connectivity index (χ0v) is 25.3. The van der Waals surface area contributed by atoms with E-state index in [1.165, 1.54) is 74.3 Å². The number of hydrogen-bond acceptors (Lipinski definition) is 1. The van der Waals surface area contributed by atoms with Crippen LogP contribution in [0.2, 0.25) is 0 Å². The third-order valence-electron chi connectivity index (χ3n) is 10.0. The van der Waals surface area contributed by atoms with Gasteiger partial charge in [-0.25, -0.2) is 0 Å². The van der Waals surface area contributed by atoms with Crippen molar-refractivity contribution in [2.45, 2.75) is 83.6 Å². The maximum absolute atomic E-state index is 6.91. The Bertz CT molecular complexity index is 1900. The summed E-state index contributed by atoms with van der Waals surface area (Å²) in [7, 11) is 0. The molecule has 0 saturated carbocycles. The van der Waals surface area contributed by atoms with Crippen LogP contribution < -0.4 is 9.13 Å². The van der Waals surface area contributed by atoms with E-state index in [4.69, 9.17) is 4.42 Å². The molecule has 3 aliphatic rings. The van der Waals surface area contributed by atoms with Gasteiger partial charge in [0, 0.05) is 53.1 Å². The molecule has 0 fully saturated rings. The Morgan fingerprint density at radius 2 is 1.74 bits per heavy atom. The van der Waals surface area contributed by atoms with Gasteiger partial charge in [-0.05, 0) is 79.0 Å². The van der Waals surface area contributed by atoms with Crippen LogP contribution in [0.3, 0.4) is 0 Å². The summed E-state index contributed by atoms with van der Waals surface area (Å²) in [5.41, 5.74) is 13.3. The molecule has 2 unspecified atom stereocenters. The summed E-state index contributed by atoms with van der Waals surface area (Å²) < 4.78 is 11.8. The number of hydrogen-bond donors (Lipinski definition) is 0. The van der Waals surface area contributed by atoms with Crippen LogP contribution in [0, 0.1) is 6.92 Å². The van der Waals surface area contributed by atoms with E-state index in [1.54, 1.807) is 0 Å². The Hall–Kier alpha value is -3.98. The van der Waals surface area contributed by atoms with Crippen LogP contribution in [0.4, 0.5) is 0 Å². The highest BCUT2D eigenvalue weighted by Crippen LogP contribution is 2.46. The van der Waals surface area contributed by atoms with Crippen LogP contribution in [-0.2, 0) is 24.7 Å². The molecule has 5 heterocycles. The van der Waals surface area contributed by atoms with Crippen LogP contribution >= 0.6 is 0 Å². The standard InChI is InChI=1S/C39H40N2O/c1-25-22-26-23-34-30(28-12-5-6-13-29(28)32-16-9-10-21-41(32)34)15-11-20-40-24-27(39(2,3)4)18-19-33(40)37(26)38-36(25)31-14-7-8-17-35(31)42-38/h5-6,9-13,16,18-22,24,30,34H,7-8,14-15,17,23H2,1-4H3/q+2/b20-11+. The second-order valence-electron chi connectivity index (χ2n) is 13.7. The Labute approximate surface area is 249 Å². The van der Waals surface area contributed by atoms with Crippen LogP contribution in [0.1, 0.15) is 85.6 Å². The summed E-state index contributed by atoms with van der Waals surface area (Å²) in [4.78, 5) is 0. The van der Waals surface area contributed by atoms with Crippen molar-refractivity contribution in [2.24, 2.45) is 0 Å². The molecule has 210 valence electrons. The molecular formula is C39H40N2O+2. The van der Waals surface area contributed by atoms with Crippen molar-refractivity contribution in [2.75, 3.05) is 0 Å². The van der Waals surface area contributed by atoms with Crippen LogP contribution in [-0.4, -0.2) is 0 Å². The summed E-state index contributed by atoms with van der Waals surface area (Å²) in [6.45, 7) is 9.20. The number of nitrogens with zero attached hydrogens (tertiary/aromatic N) is 2. The molecular weight excluding hydrogens is 512 g/mol. The smallest absolute Gasteiger partial charge is 0.221 e. The van der Waals surface area contributed by atoms with Crippen molar-refractivity contribution in [1.29, 1.82) is 0 Å². The molecule has 8 rings (SSSR count). The summed E-state index contributed by atoms with van der Waals surface area (Å²) in [5.74, 6) is 1.58. The van der Waals surface area contributed by atoms with Gasteiger partial charge in [0.25, 0.3) is 0 Å². The number of furan rings is 1. The molecule has 3 aromatic heterocycles. The predicted octanol–water partition coefficient (Wildman–Crippen LogP) is 8.58. The van der Waals surface area contributed by atoms with E-state index in [9.17, 15) is 0 Å². The van der Waals surface area contributed by atoms with Crippen LogP contribution in [0.15, 0.2) is 83.6 Å². The Morgan fingerprint density at radius 3 is 2.62 bits per heavy atom. The van der Waals surface area contributed by atoms with Crippen molar-refractivity contribution >= 4 is 17.2 Å². The van der Waals surface area contributed by atoms with E-state index < -0.39 is 0 Å². The van der Waals surface area contributed by atoms with Crippen LogP contribution in [0.25, 0.3) is 39.7 Å². The molecule has 5 aromatic rings. The monoisotopic (exact) mass is 552 g/mol. The number of aryl methyl sites for hydroxylation is 3. The molecule has 0 bridgehead atoms. The molecule has 42 heavy (non-hydrogen) atoms. The summed E-state index contributed by atoms with van der Waals surface area (Å²) in [6, 6.07) is 23.2. The minimum absolute atomic E-state index is 0.0636. The summed E-state index contributed by atoms with van der Waals surface area (Å²) in [6.07, 6.45) is 15.9. The van der Waals surface area contributed by atoms with E-state index in [1.807, 2.05) is 0 Å². The summed E-state index contributed by atoms with van der Waals surface area (Å²) in [5, 5.41) is 1.36. The number of aromatic nitrogens is 2. The van der Waals surface area contributed by atoms with Gasteiger partial charge in [0.2, 0.25) is 11.4 Å². The van der Waals surface area contributed by atoms with Crippen molar-refractivity contribution in [3.05, 3.63) is 113 Å². The largest absolute Gasteiger partial charge is 0.460 e. The number of rotatable bonds is 0. The Kier molecular flexibility index (Phi) is 5.83. The average Bonchev–Trinajstić information content (AvgIpc) is 3.38. The maximum atomic E-state index is 6.91. The third kappa shape index (κ3) is 3.93. The van der Waals surface area contributed by atoms with Gasteiger partial charge < -0.3 is 4.42 Å². The van der Waals surface area contributed by atoms with Gasteiger partial charge in [-0.2, -0.15) is 9.13 Å².